The van der Waals surface area contributed by atoms with Crippen LogP contribution in [-0.4, -0.2) is 52.8 Å². The van der Waals surface area contributed by atoms with Gasteiger partial charge in [0.1, 0.15) is 5.69 Å². The Labute approximate surface area is 119 Å². The number of aromatic nitrogens is 1. The van der Waals surface area contributed by atoms with Gasteiger partial charge in [-0.15, -0.1) is 0 Å². The average molecular weight is 277 g/mol. The van der Waals surface area contributed by atoms with Gasteiger partial charge in [-0.05, 0) is 24.5 Å². The quantitative estimate of drug-likeness (QED) is 0.915. The first-order valence-electron chi connectivity index (χ1n) is 7.28. The van der Waals surface area contributed by atoms with E-state index in [2.05, 4.69) is 18.8 Å². The molecule has 2 amide bonds. The maximum atomic E-state index is 12.3. The van der Waals surface area contributed by atoms with Gasteiger partial charge in [-0.3, -0.25) is 9.59 Å². The molecule has 0 aromatic carbocycles. The molecule has 5 heteroatoms. The third-order valence-corrected chi connectivity index (χ3v) is 3.55. The molecule has 1 aromatic heterocycles. The Hall–Kier alpha value is -1.78. The normalized spacial score (nSPS) is 16.4. The van der Waals surface area contributed by atoms with E-state index in [1.54, 1.807) is 12.3 Å². The maximum Gasteiger partial charge on any atom is 0.270 e. The molecule has 0 unspecified atom stereocenters. The Morgan fingerprint density at radius 3 is 2.55 bits per heavy atom. The van der Waals surface area contributed by atoms with Gasteiger partial charge in [-0.1, -0.05) is 13.8 Å². The Balaban J connectivity index is 1.92. The number of nitrogens with zero attached hydrogens (tertiary/aromatic N) is 2. The van der Waals surface area contributed by atoms with Crippen molar-refractivity contribution in [1.29, 1.82) is 0 Å². The molecule has 0 spiro atoms. The summed E-state index contributed by atoms with van der Waals surface area (Å²) in [5.41, 5.74) is 0.618. The molecule has 1 N–H and O–H groups in total. The van der Waals surface area contributed by atoms with E-state index in [-0.39, 0.29) is 11.8 Å². The molecular weight excluding hydrogens is 254 g/mol. The van der Waals surface area contributed by atoms with Gasteiger partial charge in [0.25, 0.3) is 5.91 Å². The highest BCUT2D eigenvalue weighted by atomic mass is 16.2. The molecule has 5 nitrogen and oxygen atoms in total. The van der Waals surface area contributed by atoms with E-state index in [1.807, 2.05) is 15.9 Å². The lowest BCUT2D eigenvalue weighted by molar-refractivity contribution is -0.131. The van der Waals surface area contributed by atoms with Crippen LogP contribution in [0.1, 0.15) is 37.2 Å². The van der Waals surface area contributed by atoms with Crippen LogP contribution in [0, 0.1) is 5.92 Å². The number of H-pyrrole nitrogens is 1. The zero-order valence-corrected chi connectivity index (χ0v) is 12.3. The standard InChI is InChI=1S/C15H23N3O2/c1-12(2)11-14(19)17-7-4-8-18(10-9-17)15(20)13-5-3-6-16-13/h3,5-6,12,16H,4,7-11H2,1-2H3. The lowest BCUT2D eigenvalue weighted by Gasteiger charge is -2.22. The Kier molecular flexibility index (Phi) is 4.82. The van der Waals surface area contributed by atoms with E-state index < -0.39 is 0 Å². The van der Waals surface area contributed by atoms with E-state index in [0.717, 1.165) is 13.0 Å². The van der Waals surface area contributed by atoms with Crippen LogP contribution in [0.15, 0.2) is 18.3 Å². The van der Waals surface area contributed by atoms with E-state index >= 15 is 0 Å². The van der Waals surface area contributed by atoms with Crippen LogP contribution in [-0.2, 0) is 4.79 Å². The first-order chi connectivity index (χ1) is 9.58. The third kappa shape index (κ3) is 3.62. The Morgan fingerprint density at radius 1 is 1.20 bits per heavy atom. The molecule has 0 bridgehead atoms. The number of carbonyl (C=O) groups excluding carboxylic acids is 2. The summed E-state index contributed by atoms with van der Waals surface area (Å²) in [6.07, 6.45) is 3.18. The largest absolute Gasteiger partial charge is 0.357 e. The van der Waals surface area contributed by atoms with Gasteiger partial charge in [0.15, 0.2) is 0 Å². The number of carbonyl (C=O) groups is 2. The van der Waals surface area contributed by atoms with E-state index in [9.17, 15) is 9.59 Å². The molecular formula is C15H23N3O2. The molecule has 0 atom stereocenters. The third-order valence-electron chi connectivity index (χ3n) is 3.55. The van der Waals surface area contributed by atoms with E-state index in [0.29, 0.717) is 37.7 Å². The summed E-state index contributed by atoms with van der Waals surface area (Å²) in [4.78, 5) is 31.0. The number of hydrogen-bond donors (Lipinski definition) is 1. The smallest absolute Gasteiger partial charge is 0.270 e. The highest BCUT2D eigenvalue weighted by Crippen LogP contribution is 2.11. The molecule has 1 fully saturated rings. The van der Waals surface area contributed by atoms with Crippen LogP contribution in [0.25, 0.3) is 0 Å². The zero-order chi connectivity index (χ0) is 14.5. The summed E-state index contributed by atoms with van der Waals surface area (Å²) in [5.74, 6) is 0.602. The van der Waals surface area contributed by atoms with Crippen molar-refractivity contribution in [2.75, 3.05) is 26.2 Å². The van der Waals surface area contributed by atoms with Crippen molar-refractivity contribution in [3.05, 3.63) is 24.0 Å². The summed E-state index contributed by atoms with van der Waals surface area (Å²) in [6, 6.07) is 3.61. The van der Waals surface area contributed by atoms with Crippen molar-refractivity contribution in [2.24, 2.45) is 5.92 Å². The SMILES string of the molecule is CC(C)CC(=O)N1CCCN(C(=O)c2ccc[nH]2)CC1. The van der Waals surface area contributed by atoms with Crippen molar-refractivity contribution in [3.63, 3.8) is 0 Å². The van der Waals surface area contributed by atoms with E-state index in [4.69, 9.17) is 0 Å². The number of hydrogen-bond acceptors (Lipinski definition) is 2. The summed E-state index contributed by atoms with van der Waals surface area (Å²) in [6.45, 7) is 6.82. The van der Waals surface area contributed by atoms with Crippen LogP contribution < -0.4 is 0 Å². The minimum atomic E-state index is 0.0214. The summed E-state index contributed by atoms with van der Waals surface area (Å²) >= 11 is 0. The fraction of sp³-hybridized carbons (Fsp3) is 0.600. The number of aromatic amines is 1. The van der Waals surface area contributed by atoms with E-state index in [1.165, 1.54) is 0 Å². The first kappa shape index (κ1) is 14.6. The molecule has 2 rings (SSSR count). The van der Waals surface area contributed by atoms with Gasteiger partial charge >= 0.3 is 0 Å². The van der Waals surface area contributed by atoms with Crippen molar-refractivity contribution >= 4 is 11.8 Å². The first-order valence-corrected chi connectivity index (χ1v) is 7.28. The number of amides is 2. The molecule has 20 heavy (non-hydrogen) atoms. The minimum Gasteiger partial charge on any atom is -0.357 e. The molecule has 1 aliphatic heterocycles. The monoisotopic (exact) mass is 277 g/mol. The Morgan fingerprint density at radius 2 is 1.90 bits per heavy atom. The van der Waals surface area contributed by atoms with Crippen LogP contribution in [0.5, 0.6) is 0 Å². The molecule has 1 aromatic rings. The second kappa shape index (κ2) is 6.59. The van der Waals surface area contributed by atoms with Gasteiger partial charge in [0.05, 0.1) is 0 Å². The molecule has 1 saturated heterocycles. The van der Waals surface area contributed by atoms with Crippen LogP contribution in [0.4, 0.5) is 0 Å². The fourth-order valence-corrected chi connectivity index (χ4v) is 2.48. The lowest BCUT2D eigenvalue weighted by atomic mass is 10.1. The van der Waals surface area contributed by atoms with Crippen molar-refractivity contribution in [2.45, 2.75) is 26.7 Å². The maximum absolute atomic E-state index is 12.3. The molecule has 110 valence electrons. The number of nitrogens with one attached hydrogen (secondary N) is 1. The Bertz CT molecular complexity index is 454. The predicted octanol–water partition coefficient (Wildman–Crippen LogP) is 1.74. The second-order valence-corrected chi connectivity index (χ2v) is 5.71. The molecule has 1 aliphatic rings. The van der Waals surface area contributed by atoms with Crippen molar-refractivity contribution in [3.8, 4) is 0 Å². The van der Waals surface area contributed by atoms with Crippen molar-refractivity contribution < 1.29 is 9.59 Å². The highest BCUT2D eigenvalue weighted by Gasteiger charge is 2.23. The summed E-state index contributed by atoms with van der Waals surface area (Å²) < 4.78 is 0. The number of rotatable bonds is 3. The van der Waals surface area contributed by atoms with Gasteiger partial charge in [0, 0.05) is 38.8 Å². The van der Waals surface area contributed by atoms with Crippen LogP contribution in [0.3, 0.4) is 0 Å². The zero-order valence-electron chi connectivity index (χ0n) is 12.3. The molecule has 2 heterocycles. The fourth-order valence-electron chi connectivity index (χ4n) is 2.48. The summed E-state index contributed by atoms with van der Waals surface area (Å²) in [5, 5.41) is 0. The van der Waals surface area contributed by atoms with Gasteiger partial charge in [0.2, 0.25) is 5.91 Å². The second-order valence-electron chi connectivity index (χ2n) is 5.71. The lowest BCUT2D eigenvalue weighted by Crippen LogP contribution is -2.37. The molecule has 0 aliphatic carbocycles. The highest BCUT2D eigenvalue weighted by molar-refractivity contribution is 5.92. The van der Waals surface area contributed by atoms with Gasteiger partial charge in [-0.2, -0.15) is 0 Å². The molecule has 0 saturated carbocycles. The van der Waals surface area contributed by atoms with Gasteiger partial charge in [-0.25, -0.2) is 0 Å². The van der Waals surface area contributed by atoms with Gasteiger partial charge < -0.3 is 14.8 Å². The van der Waals surface area contributed by atoms with Crippen LogP contribution in [0.2, 0.25) is 0 Å². The van der Waals surface area contributed by atoms with Crippen LogP contribution >= 0.6 is 0 Å². The van der Waals surface area contributed by atoms with Crippen molar-refractivity contribution in [1.82, 2.24) is 14.8 Å². The average Bonchev–Trinajstić information content (AvgIpc) is 2.81. The minimum absolute atomic E-state index is 0.0214. The topological polar surface area (TPSA) is 56.4 Å². The molecule has 0 radical (unpaired) electrons. The predicted molar refractivity (Wildman–Crippen MR) is 77.3 cm³/mol. The summed E-state index contributed by atoms with van der Waals surface area (Å²) in [7, 11) is 0.